The van der Waals surface area contributed by atoms with Gasteiger partial charge in [-0.1, -0.05) is 30.3 Å². The fraction of sp³-hybridized carbons (Fsp3) is 0.385. The van der Waals surface area contributed by atoms with Gasteiger partial charge < -0.3 is 15.0 Å². The minimum absolute atomic E-state index is 0.132. The molecule has 1 aromatic heterocycles. The first-order valence-electron chi connectivity index (χ1n) is 11.4. The number of hydrogen-bond acceptors (Lipinski definition) is 4. The predicted molar refractivity (Wildman–Crippen MR) is 124 cm³/mol. The number of hydrogen-bond donors (Lipinski definition) is 1. The number of halogens is 1. The van der Waals surface area contributed by atoms with Gasteiger partial charge in [-0.25, -0.2) is 9.37 Å². The van der Waals surface area contributed by atoms with Crippen molar-refractivity contribution in [1.82, 2.24) is 10.3 Å². The lowest BCUT2D eigenvalue weighted by Gasteiger charge is -2.38. The zero-order chi connectivity index (χ0) is 22.0. The van der Waals surface area contributed by atoms with Gasteiger partial charge in [0.2, 0.25) is 0 Å². The van der Waals surface area contributed by atoms with E-state index in [9.17, 15) is 9.18 Å². The number of carbonyl (C=O) groups is 1. The quantitative estimate of drug-likeness (QED) is 0.646. The molecule has 3 heterocycles. The predicted octanol–water partition coefficient (Wildman–Crippen LogP) is 4.45. The van der Waals surface area contributed by atoms with Gasteiger partial charge in [0.05, 0.1) is 11.1 Å². The maximum absolute atomic E-state index is 14.0. The van der Waals surface area contributed by atoms with Crippen molar-refractivity contribution in [3.63, 3.8) is 0 Å². The molecule has 6 heteroatoms. The Morgan fingerprint density at radius 2 is 1.84 bits per heavy atom. The minimum Gasteiger partial charge on any atom is -0.381 e. The Balaban J connectivity index is 1.45. The SMILES string of the molecule is O=C(NCC1(c2cccc(F)c2)CCOCC1)c1cc2ccccc2nc1N1CCCC1. The number of ether oxygens (including phenoxy) is 1. The van der Waals surface area contributed by atoms with Crippen molar-refractivity contribution in [2.75, 3.05) is 37.7 Å². The van der Waals surface area contributed by atoms with Crippen molar-refractivity contribution in [2.24, 2.45) is 0 Å². The maximum Gasteiger partial charge on any atom is 0.255 e. The van der Waals surface area contributed by atoms with E-state index in [1.807, 2.05) is 36.4 Å². The molecule has 3 aromatic rings. The molecule has 166 valence electrons. The van der Waals surface area contributed by atoms with Crippen molar-refractivity contribution < 1.29 is 13.9 Å². The van der Waals surface area contributed by atoms with Gasteiger partial charge in [0.1, 0.15) is 11.6 Å². The van der Waals surface area contributed by atoms with Gasteiger partial charge in [-0.3, -0.25) is 4.79 Å². The first-order valence-corrected chi connectivity index (χ1v) is 11.4. The standard InChI is InChI=1S/C26H28FN3O2/c27-21-8-5-7-20(17-21)26(10-14-32-15-11-26)18-28-25(31)22-16-19-6-1-2-9-23(19)29-24(22)30-12-3-4-13-30/h1-2,5-9,16-17H,3-4,10-15,18H2,(H,28,31). The van der Waals surface area contributed by atoms with Crippen LogP contribution in [-0.2, 0) is 10.2 Å². The van der Waals surface area contributed by atoms with E-state index in [1.54, 1.807) is 12.1 Å². The third kappa shape index (κ3) is 4.07. The van der Waals surface area contributed by atoms with Crippen LogP contribution >= 0.6 is 0 Å². The zero-order valence-corrected chi connectivity index (χ0v) is 18.1. The van der Waals surface area contributed by atoms with Crippen LogP contribution in [0.15, 0.2) is 54.6 Å². The van der Waals surface area contributed by atoms with Crippen LogP contribution < -0.4 is 10.2 Å². The highest BCUT2D eigenvalue weighted by Gasteiger charge is 2.35. The second-order valence-electron chi connectivity index (χ2n) is 8.83. The fourth-order valence-electron chi connectivity index (χ4n) is 4.94. The molecule has 1 N–H and O–H groups in total. The van der Waals surface area contributed by atoms with Gasteiger partial charge in [-0.2, -0.15) is 0 Å². The molecule has 2 saturated heterocycles. The van der Waals surface area contributed by atoms with Crippen LogP contribution in [0.1, 0.15) is 41.6 Å². The number of para-hydroxylation sites is 1. The number of pyridine rings is 1. The van der Waals surface area contributed by atoms with Crippen molar-refractivity contribution in [2.45, 2.75) is 31.1 Å². The number of nitrogens with zero attached hydrogens (tertiary/aromatic N) is 2. The molecule has 2 aliphatic heterocycles. The molecular weight excluding hydrogens is 405 g/mol. The third-order valence-electron chi connectivity index (χ3n) is 6.83. The van der Waals surface area contributed by atoms with Gasteiger partial charge in [-0.05, 0) is 55.5 Å². The van der Waals surface area contributed by atoms with E-state index in [1.165, 1.54) is 6.07 Å². The number of rotatable bonds is 5. The van der Waals surface area contributed by atoms with E-state index < -0.39 is 0 Å². The van der Waals surface area contributed by atoms with Crippen LogP contribution in [0, 0.1) is 5.82 Å². The summed E-state index contributed by atoms with van der Waals surface area (Å²) in [5.74, 6) is 0.368. The van der Waals surface area contributed by atoms with E-state index >= 15 is 0 Å². The highest BCUT2D eigenvalue weighted by Crippen LogP contribution is 2.35. The first-order chi connectivity index (χ1) is 15.6. The highest BCUT2D eigenvalue weighted by atomic mass is 19.1. The molecule has 0 aliphatic carbocycles. The number of fused-ring (bicyclic) bond motifs is 1. The van der Waals surface area contributed by atoms with E-state index in [2.05, 4.69) is 10.2 Å². The second-order valence-corrected chi connectivity index (χ2v) is 8.83. The third-order valence-corrected chi connectivity index (χ3v) is 6.83. The summed E-state index contributed by atoms with van der Waals surface area (Å²) in [5, 5.41) is 4.12. The Morgan fingerprint density at radius 3 is 2.62 bits per heavy atom. The summed E-state index contributed by atoms with van der Waals surface area (Å²) in [6.45, 7) is 3.46. The molecule has 1 amide bonds. The van der Waals surface area contributed by atoms with Gasteiger partial charge in [0.25, 0.3) is 5.91 Å². The summed E-state index contributed by atoms with van der Waals surface area (Å²) in [6, 6.07) is 16.6. The number of nitrogens with one attached hydrogen (secondary N) is 1. The van der Waals surface area contributed by atoms with Crippen LogP contribution in [0.2, 0.25) is 0 Å². The number of benzene rings is 2. The summed E-state index contributed by atoms with van der Waals surface area (Å²) < 4.78 is 19.6. The average Bonchev–Trinajstić information content (AvgIpc) is 3.37. The monoisotopic (exact) mass is 433 g/mol. The Bertz CT molecular complexity index is 1120. The fourth-order valence-corrected chi connectivity index (χ4v) is 4.94. The van der Waals surface area contributed by atoms with Crippen molar-refractivity contribution in [1.29, 1.82) is 0 Å². The molecule has 0 unspecified atom stereocenters. The van der Waals surface area contributed by atoms with E-state index in [0.717, 1.165) is 61.1 Å². The summed E-state index contributed by atoms with van der Waals surface area (Å²) in [6.07, 6.45) is 3.70. The molecule has 0 saturated carbocycles. The average molecular weight is 434 g/mol. The van der Waals surface area contributed by atoms with Crippen LogP contribution in [0.5, 0.6) is 0 Å². The summed E-state index contributed by atoms with van der Waals surface area (Å²) in [4.78, 5) is 20.5. The molecule has 2 aromatic carbocycles. The van der Waals surface area contributed by atoms with E-state index in [-0.39, 0.29) is 17.1 Å². The van der Waals surface area contributed by atoms with Crippen molar-refractivity contribution >= 4 is 22.6 Å². The summed E-state index contributed by atoms with van der Waals surface area (Å²) >= 11 is 0. The van der Waals surface area contributed by atoms with Crippen molar-refractivity contribution in [3.8, 4) is 0 Å². The van der Waals surface area contributed by atoms with Gasteiger partial charge in [-0.15, -0.1) is 0 Å². The lowest BCUT2D eigenvalue weighted by molar-refractivity contribution is 0.0486. The van der Waals surface area contributed by atoms with E-state index in [0.29, 0.717) is 25.3 Å². The largest absolute Gasteiger partial charge is 0.381 e. The van der Waals surface area contributed by atoms with Crippen molar-refractivity contribution in [3.05, 3.63) is 71.5 Å². The Labute approximate surface area is 187 Å². The second kappa shape index (κ2) is 8.87. The molecule has 0 atom stereocenters. The van der Waals surface area contributed by atoms with Crippen LogP contribution in [-0.4, -0.2) is 43.7 Å². The normalized spacial score (nSPS) is 18.1. The molecule has 0 radical (unpaired) electrons. The van der Waals surface area contributed by atoms with Gasteiger partial charge in [0, 0.05) is 43.6 Å². The van der Waals surface area contributed by atoms with Gasteiger partial charge >= 0.3 is 0 Å². The molecule has 5 nitrogen and oxygen atoms in total. The van der Waals surface area contributed by atoms with Crippen LogP contribution in [0.25, 0.3) is 10.9 Å². The summed E-state index contributed by atoms with van der Waals surface area (Å²) in [7, 11) is 0. The maximum atomic E-state index is 14.0. The number of amides is 1. The topological polar surface area (TPSA) is 54.5 Å². The molecule has 0 spiro atoms. The molecular formula is C26H28FN3O2. The highest BCUT2D eigenvalue weighted by molar-refractivity contribution is 6.02. The van der Waals surface area contributed by atoms with Crippen LogP contribution in [0.4, 0.5) is 10.2 Å². The Kier molecular flexibility index (Phi) is 5.79. The van der Waals surface area contributed by atoms with Gasteiger partial charge in [0.15, 0.2) is 0 Å². The Hall–Kier alpha value is -2.99. The lowest BCUT2D eigenvalue weighted by Crippen LogP contribution is -2.45. The molecule has 0 bridgehead atoms. The number of carbonyl (C=O) groups excluding carboxylic acids is 1. The molecule has 32 heavy (non-hydrogen) atoms. The molecule has 2 aliphatic rings. The number of aromatic nitrogens is 1. The number of anilines is 1. The minimum atomic E-state index is -0.339. The molecule has 2 fully saturated rings. The Morgan fingerprint density at radius 1 is 1.06 bits per heavy atom. The zero-order valence-electron chi connectivity index (χ0n) is 18.1. The van der Waals surface area contributed by atoms with E-state index in [4.69, 9.17) is 9.72 Å². The molecule has 5 rings (SSSR count). The summed E-state index contributed by atoms with van der Waals surface area (Å²) in [5.41, 5.74) is 2.07. The smallest absolute Gasteiger partial charge is 0.255 e. The first kappa shape index (κ1) is 20.9. The van der Waals surface area contributed by atoms with Crippen LogP contribution in [0.3, 0.4) is 0 Å². The lowest BCUT2D eigenvalue weighted by atomic mass is 9.74.